The summed E-state index contributed by atoms with van der Waals surface area (Å²) < 4.78 is 10.4. The van der Waals surface area contributed by atoms with E-state index in [9.17, 15) is 9.59 Å². The molecule has 0 aliphatic rings. The Morgan fingerprint density at radius 3 is 2.35 bits per heavy atom. The molecule has 0 radical (unpaired) electrons. The summed E-state index contributed by atoms with van der Waals surface area (Å²) in [6.45, 7) is 8.33. The first-order valence-electron chi connectivity index (χ1n) is 7.79. The van der Waals surface area contributed by atoms with E-state index >= 15 is 0 Å². The lowest BCUT2D eigenvalue weighted by Crippen LogP contribution is -2.33. The highest BCUT2D eigenvalue weighted by Gasteiger charge is 2.15. The molecule has 2 amide bonds. The lowest BCUT2D eigenvalue weighted by atomic mass is 10.2. The van der Waals surface area contributed by atoms with Gasteiger partial charge in [-0.15, -0.1) is 0 Å². The van der Waals surface area contributed by atoms with Crippen molar-refractivity contribution in [3.8, 4) is 5.75 Å². The zero-order valence-corrected chi connectivity index (χ0v) is 14.3. The van der Waals surface area contributed by atoms with Crippen molar-refractivity contribution in [3.05, 3.63) is 24.3 Å². The largest absolute Gasteiger partial charge is 0.494 e. The van der Waals surface area contributed by atoms with Crippen LogP contribution in [-0.4, -0.2) is 30.8 Å². The van der Waals surface area contributed by atoms with E-state index in [-0.39, 0.29) is 5.91 Å². The molecule has 0 bridgehead atoms. The third kappa shape index (κ3) is 8.70. The number of hydrogen-bond donors (Lipinski definition) is 2. The van der Waals surface area contributed by atoms with Crippen LogP contribution in [0.15, 0.2) is 24.3 Å². The number of carbonyl (C=O) groups is 2. The number of amides is 2. The minimum Gasteiger partial charge on any atom is -0.494 e. The van der Waals surface area contributed by atoms with Gasteiger partial charge in [0.2, 0.25) is 5.91 Å². The molecule has 6 nitrogen and oxygen atoms in total. The molecule has 2 N–H and O–H groups in total. The van der Waals surface area contributed by atoms with Crippen LogP contribution >= 0.6 is 0 Å². The van der Waals surface area contributed by atoms with Crippen molar-refractivity contribution in [3.63, 3.8) is 0 Å². The molecule has 0 atom stereocenters. The van der Waals surface area contributed by atoms with Gasteiger partial charge in [-0.3, -0.25) is 4.79 Å². The Morgan fingerprint density at radius 1 is 1.13 bits per heavy atom. The summed E-state index contributed by atoms with van der Waals surface area (Å²) in [5.74, 6) is 0.673. The lowest BCUT2D eigenvalue weighted by Gasteiger charge is -2.19. The van der Waals surface area contributed by atoms with E-state index in [1.807, 2.05) is 19.1 Å². The van der Waals surface area contributed by atoms with Crippen molar-refractivity contribution >= 4 is 17.7 Å². The molecule has 6 heteroatoms. The van der Waals surface area contributed by atoms with Gasteiger partial charge in [0.05, 0.1) is 6.61 Å². The fourth-order valence-corrected chi connectivity index (χ4v) is 1.78. The number of benzene rings is 1. The van der Waals surface area contributed by atoms with E-state index in [4.69, 9.17) is 9.47 Å². The standard InChI is InChI=1S/C17H26N2O4/c1-5-22-14-10-8-13(9-11-14)19-15(20)7-6-12-18-16(21)23-17(2,3)4/h8-11H,5-7,12H2,1-4H3,(H,18,21)(H,19,20). The van der Waals surface area contributed by atoms with E-state index in [1.165, 1.54) is 0 Å². The van der Waals surface area contributed by atoms with Crippen LogP contribution < -0.4 is 15.4 Å². The van der Waals surface area contributed by atoms with Gasteiger partial charge in [0.15, 0.2) is 0 Å². The van der Waals surface area contributed by atoms with Crippen LogP contribution in [0.5, 0.6) is 5.75 Å². The number of carbonyl (C=O) groups excluding carboxylic acids is 2. The third-order valence-electron chi connectivity index (χ3n) is 2.70. The fraction of sp³-hybridized carbons (Fsp3) is 0.529. The van der Waals surface area contributed by atoms with Gasteiger partial charge in [-0.25, -0.2) is 4.79 Å². The normalized spacial score (nSPS) is 10.8. The molecule has 0 fully saturated rings. The summed E-state index contributed by atoms with van der Waals surface area (Å²) in [7, 11) is 0. The Bertz CT molecular complexity index is 506. The number of rotatable bonds is 7. The van der Waals surface area contributed by atoms with Crippen LogP contribution in [0.4, 0.5) is 10.5 Å². The lowest BCUT2D eigenvalue weighted by molar-refractivity contribution is -0.116. The molecule has 0 spiro atoms. The molecule has 0 aliphatic carbocycles. The second kappa shape index (κ2) is 9.02. The average Bonchev–Trinajstić information content (AvgIpc) is 2.44. The molecule has 23 heavy (non-hydrogen) atoms. The molecule has 0 heterocycles. The maximum Gasteiger partial charge on any atom is 0.407 e. The summed E-state index contributed by atoms with van der Waals surface area (Å²) in [6.07, 6.45) is 0.398. The van der Waals surface area contributed by atoms with Crippen LogP contribution in [-0.2, 0) is 9.53 Å². The Balaban J connectivity index is 2.23. The van der Waals surface area contributed by atoms with Gasteiger partial charge in [-0.1, -0.05) is 0 Å². The highest BCUT2D eigenvalue weighted by Crippen LogP contribution is 2.15. The summed E-state index contributed by atoms with van der Waals surface area (Å²) in [5, 5.41) is 5.42. The third-order valence-corrected chi connectivity index (χ3v) is 2.70. The van der Waals surface area contributed by atoms with E-state index < -0.39 is 11.7 Å². The van der Waals surface area contributed by atoms with Crippen molar-refractivity contribution in [1.82, 2.24) is 5.32 Å². The summed E-state index contributed by atoms with van der Waals surface area (Å²) in [4.78, 5) is 23.2. The summed E-state index contributed by atoms with van der Waals surface area (Å²) >= 11 is 0. The number of nitrogens with one attached hydrogen (secondary N) is 2. The van der Waals surface area contributed by atoms with Crippen LogP contribution in [0.25, 0.3) is 0 Å². The number of ether oxygens (including phenoxy) is 2. The molecule has 0 aromatic heterocycles. The minimum atomic E-state index is -0.519. The van der Waals surface area contributed by atoms with Crippen LogP contribution in [0.2, 0.25) is 0 Å². The van der Waals surface area contributed by atoms with E-state index in [1.54, 1.807) is 32.9 Å². The van der Waals surface area contributed by atoms with E-state index in [0.717, 1.165) is 11.4 Å². The molecular formula is C17H26N2O4. The van der Waals surface area contributed by atoms with Crippen molar-refractivity contribution in [2.45, 2.75) is 46.1 Å². The first-order chi connectivity index (χ1) is 10.8. The number of hydrogen-bond acceptors (Lipinski definition) is 4. The quantitative estimate of drug-likeness (QED) is 0.755. The maximum absolute atomic E-state index is 11.8. The molecular weight excluding hydrogens is 296 g/mol. The topological polar surface area (TPSA) is 76.7 Å². The molecule has 1 rings (SSSR count). The first-order valence-corrected chi connectivity index (χ1v) is 7.79. The summed E-state index contributed by atoms with van der Waals surface area (Å²) in [6, 6.07) is 7.20. The van der Waals surface area contributed by atoms with Gasteiger partial charge < -0.3 is 20.1 Å². The van der Waals surface area contributed by atoms with Crippen LogP contribution in [0, 0.1) is 0 Å². The van der Waals surface area contributed by atoms with Crippen LogP contribution in [0.1, 0.15) is 40.5 Å². The smallest absolute Gasteiger partial charge is 0.407 e. The fourth-order valence-electron chi connectivity index (χ4n) is 1.78. The molecule has 0 saturated heterocycles. The highest BCUT2D eigenvalue weighted by molar-refractivity contribution is 5.90. The Hall–Kier alpha value is -2.24. The SMILES string of the molecule is CCOc1ccc(NC(=O)CCCNC(=O)OC(C)(C)C)cc1. The molecule has 1 aromatic carbocycles. The van der Waals surface area contributed by atoms with Gasteiger partial charge in [0, 0.05) is 18.7 Å². The monoisotopic (exact) mass is 322 g/mol. The Labute approximate surface area is 137 Å². The van der Waals surface area contributed by atoms with E-state index in [0.29, 0.717) is 26.0 Å². The van der Waals surface area contributed by atoms with Crippen molar-refractivity contribution in [2.24, 2.45) is 0 Å². The predicted molar refractivity (Wildman–Crippen MR) is 89.7 cm³/mol. The second-order valence-electron chi connectivity index (χ2n) is 6.04. The van der Waals surface area contributed by atoms with Crippen molar-refractivity contribution in [2.75, 3.05) is 18.5 Å². The van der Waals surface area contributed by atoms with Gasteiger partial charge >= 0.3 is 6.09 Å². The molecule has 1 aromatic rings. The zero-order valence-electron chi connectivity index (χ0n) is 14.3. The molecule has 128 valence electrons. The summed E-state index contributed by atoms with van der Waals surface area (Å²) in [5.41, 5.74) is 0.202. The maximum atomic E-state index is 11.8. The van der Waals surface area contributed by atoms with Gasteiger partial charge in [-0.05, 0) is 58.4 Å². The highest BCUT2D eigenvalue weighted by atomic mass is 16.6. The number of anilines is 1. The number of alkyl carbamates (subject to hydrolysis) is 1. The van der Waals surface area contributed by atoms with E-state index in [2.05, 4.69) is 10.6 Å². The van der Waals surface area contributed by atoms with Gasteiger partial charge in [0.25, 0.3) is 0 Å². The van der Waals surface area contributed by atoms with Crippen molar-refractivity contribution < 1.29 is 19.1 Å². The van der Waals surface area contributed by atoms with Gasteiger partial charge in [0.1, 0.15) is 11.4 Å². The Morgan fingerprint density at radius 2 is 1.78 bits per heavy atom. The molecule has 0 unspecified atom stereocenters. The zero-order chi connectivity index (χ0) is 17.3. The van der Waals surface area contributed by atoms with Gasteiger partial charge in [-0.2, -0.15) is 0 Å². The van der Waals surface area contributed by atoms with Crippen molar-refractivity contribution in [1.29, 1.82) is 0 Å². The van der Waals surface area contributed by atoms with Crippen LogP contribution in [0.3, 0.4) is 0 Å². The predicted octanol–water partition coefficient (Wildman–Crippen LogP) is 3.33. The average molecular weight is 322 g/mol. The second-order valence-corrected chi connectivity index (χ2v) is 6.04. The molecule has 0 saturated carbocycles. The molecule has 0 aliphatic heterocycles. The minimum absolute atomic E-state index is 0.0971. The first kappa shape index (κ1) is 18.8. The Kier molecular flexibility index (Phi) is 7.38.